The molecule has 2 rings (SSSR count). The average molecular weight is 300 g/mol. The number of halogens is 2. The van der Waals surface area contributed by atoms with E-state index in [4.69, 9.17) is 27.9 Å². The molecule has 1 heterocycles. The summed E-state index contributed by atoms with van der Waals surface area (Å²) in [5.41, 5.74) is 2.71. The van der Waals surface area contributed by atoms with Crippen LogP contribution >= 0.6 is 23.2 Å². The van der Waals surface area contributed by atoms with Gasteiger partial charge in [0.05, 0.1) is 34.1 Å². The van der Waals surface area contributed by atoms with Gasteiger partial charge in [0.1, 0.15) is 0 Å². The van der Waals surface area contributed by atoms with Crippen LogP contribution in [0.25, 0.3) is 0 Å². The average Bonchev–Trinajstić information content (AvgIpc) is 2.65. The molecule has 4 nitrogen and oxygen atoms in total. The molecule has 0 saturated heterocycles. The number of hydrogen-bond donors (Lipinski definition) is 1. The highest BCUT2D eigenvalue weighted by molar-refractivity contribution is 6.43. The van der Waals surface area contributed by atoms with E-state index in [1.54, 1.807) is 17.9 Å². The summed E-state index contributed by atoms with van der Waals surface area (Å²) in [7, 11) is 3.48. The van der Waals surface area contributed by atoms with Gasteiger partial charge < -0.3 is 10.1 Å². The molecule has 0 fully saturated rings. The number of nitrogens with zero attached hydrogens (tertiary/aromatic N) is 2. The van der Waals surface area contributed by atoms with Gasteiger partial charge in [-0.1, -0.05) is 29.3 Å². The molecule has 2 aromatic rings. The van der Waals surface area contributed by atoms with Gasteiger partial charge in [-0.15, -0.1) is 0 Å². The maximum atomic E-state index is 6.13. The first-order valence-corrected chi connectivity index (χ1v) is 6.54. The van der Waals surface area contributed by atoms with E-state index in [2.05, 4.69) is 10.4 Å². The van der Waals surface area contributed by atoms with Crippen LogP contribution in [-0.4, -0.2) is 16.9 Å². The highest BCUT2D eigenvalue weighted by Crippen LogP contribution is 2.30. The van der Waals surface area contributed by atoms with Crippen LogP contribution in [0.4, 0.5) is 5.69 Å². The van der Waals surface area contributed by atoms with Crippen LogP contribution in [0.5, 0.6) is 5.88 Å². The van der Waals surface area contributed by atoms with Crippen molar-refractivity contribution in [2.75, 3.05) is 12.4 Å². The third-order valence-corrected chi connectivity index (χ3v) is 3.71. The maximum Gasteiger partial charge on any atom is 0.216 e. The summed E-state index contributed by atoms with van der Waals surface area (Å²) in [6.45, 7) is 2.52. The van der Waals surface area contributed by atoms with Gasteiger partial charge in [0.15, 0.2) is 0 Å². The van der Waals surface area contributed by atoms with Crippen LogP contribution in [0.3, 0.4) is 0 Å². The number of hydrogen-bond acceptors (Lipinski definition) is 3. The van der Waals surface area contributed by atoms with E-state index < -0.39 is 0 Å². The van der Waals surface area contributed by atoms with Crippen molar-refractivity contribution in [2.24, 2.45) is 7.05 Å². The quantitative estimate of drug-likeness (QED) is 0.936. The normalized spacial score (nSPS) is 10.6. The summed E-state index contributed by atoms with van der Waals surface area (Å²) < 4.78 is 7.05. The molecule has 0 atom stereocenters. The first-order chi connectivity index (χ1) is 9.04. The Morgan fingerprint density at radius 3 is 2.79 bits per heavy atom. The van der Waals surface area contributed by atoms with Crippen LogP contribution < -0.4 is 10.1 Å². The van der Waals surface area contributed by atoms with Crippen molar-refractivity contribution >= 4 is 28.9 Å². The Balaban J connectivity index is 2.21. The number of ether oxygens (including phenoxy) is 1. The van der Waals surface area contributed by atoms with Crippen LogP contribution in [0.1, 0.15) is 11.3 Å². The monoisotopic (exact) mass is 299 g/mol. The van der Waals surface area contributed by atoms with Crippen LogP contribution in [-0.2, 0) is 13.6 Å². The lowest BCUT2D eigenvalue weighted by atomic mass is 10.2. The topological polar surface area (TPSA) is 39.1 Å². The largest absolute Gasteiger partial charge is 0.481 e. The van der Waals surface area contributed by atoms with Gasteiger partial charge in [0.25, 0.3) is 0 Å². The van der Waals surface area contributed by atoms with Gasteiger partial charge in [-0.2, -0.15) is 5.10 Å². The number of aryl methyl sites for hydroxylation is 2. The minimum absolute atomic E-state index is 0.518. The molecule has 0 saturated carbocycles. The Labute approximate surface area is 122 Å². The van der Waals surface area contributed by atoms with Gasteiger partial charge in [-0.25, -0.2) is 4.68 Å². The summed E-state index contributed by atoms with van der Waals surface area (Å²) in [5.74, 6) is 0.739. The Hall–Kier alpha value is -1.39. The highest BCUT2D eigenvalue weighted by atomic mass is 35.5. The number of benzene rings is 1. The molecular weight excluding hydrogens is 285 g/mol. The van der Waals surface area contributed by atoms with Crippen LogP contribution in [0, 0.1) is 6.92 Å². The van der Waals surface area contributed by atoms with E-state index in [0.717, 1.165) is 22.8 Å². The van der Waals surface area contributed by atoms with Crippen molar-refractivity contribution in [2.45, 2.75) is 13.5 Å². The van der Waals surface area contributed by atoms with Gasteiger partial charge in [-0.3, -0.25) is 0 Å². The van der Waals surface area contributed by atoms with E-state index in [9.17, 15) is 0 Å². The Morgan fingerprint density at radius 2 is 2.11 bits per heavy atom. The second-order valence-corrected chi connectivity index (χ2v) is 4.94. The zero-order valence-electron chi connectivity index (χ0n) is 11.0. The van der Waals surface area contributed by atoms with E-state index in [1.807, 2.05) is 26.1 Å². The van der Waals surface area contributed by atoms with Crippen LogP contribution in [0.2, 0.25) is 10.0 Å². The highest BCUT2D eigenvalue weighted by Gasteiger charge is 2.14. The Bertz CT molecular complexity index is 596. The molecule has 1 N–H and O–H groups in total. The summed E-state index contributed by atoms with van der Waals surface area (Å²) in [5, 5.41) is 8.62. The second-order valence-electron chi connectivity index (χ2n) is 4.15. The summed E-state index contributed by atoms with van der Waals surface area (Å²) in [4.78, 5) is 0. The molecule has 0 aliphatic heterocycles. The Morgan fingerprint density at radius 1 is 1.37 bits per heavy atom. The molecule has 0 unspecified atom stereocenters. The molecule has 0 aliphatic rings. The number of anilines is 1. The van der Waals surface area contributed by atoms with Crippen molar-refractivity contribution in [3.05, 3.63) is 39.5 Å². The fourth-order valence-electron chi connectivity index (χ4n) is 1.96. The van der Waals surface area contributed by atoms with E-state index in [0.29, 0.717) is 16.6 Å². The van der Waals surface area contributed by atoms with E-state index in [-0.39, 0.29) is 0 Å². The number of methoxy groups -OCH3 is 1. The summed E-state index contributed by atoms with van der Waals surface area (Å²) in [6, 6.07) is 5.49. The van der Waals surface area contributed by atoms with Gasteiger partial charge in [0, 0.05) is 13.6 Å². The van der Waals surface area contributed by atoms with E-state index >= 15 is 0 Å². The zero-order chi connectivity index (χ0) is 14.0. The standard InChI is InChI=1S/C13H15Cl2N3O/c1-8-9(13(19-3)18(2)17-8)7-16-11-6-4-5-10(14)12(11)15/h4-6,16H,7H2,1-3H3. The molecule has 102 valence electrons. The maximum absolute atomic E-state index is 6.13. The fraction of sp³-hybridized carbons (Fsp3) is 0.308. The van der Waals surface area contributed by atoms with Gasteiger partial charge in [-0.05, 0) is 19.1 Å². The number of nitrogens with one attached hydrogen (secondary N) is 1. The predicted octanol–water partition coefficient (Wildman–Crippen LogP) is 3.66. The fourth-order valence-corrected chi connectivity index (χ4v) is 2.33. The molecule has 0 radical (unpaired) electrons. The lowest BCUT2D eigenvalue weighted by Crippen LogP contribution is -2.03. The molecule has 19 heavy (non-hydrogen) atoms. The lowest BCUT2D eigenvalue weighted by molar-refractivity contribution is 0.370. The first-order valence-electron chi connectivity index (χ1n) is 5.79. The van der Waals surface area contributed by atoms with Crippen LogP contribution in [0.15, 0.2) is 18.2 Å². The van der Waals surface area contributed by atoms with Gasteiger partial charge >= 0.3 is 0 Å². The van der Waals surface area contributed by atoms with Crippen molar-refractivity contribution in [3.63, 3.8) is 0 Å². The van der Waals surface area contributed by atoms with Crippen molar-refractivity contribution in [3.8, 4) is 5.88 Å². The summed E-state index contributed by atoms with van der Waals surface area (Å²) in [6.07, 6.45) is 0. The van der Waals surface area contributed by atoms with Crippen molar-refractivity contribution in [1.82, 2.24) is 9.78 Å². The second kappa shape index (κ2) is 5.72. The zero-order valence-corrected chi connectivity index (χ0v) is 12.5. The third kappa shape index (κ3) is 2.80. The van der Waals surface area contributed by atoms with Crippen molar-refractivity contribution < 1.29 is 4.74 Å². The molecule has 0 amide bonds. The lowest BCUT2D eigenvalue weighted by Gasteiger charge is -2.10. The molecule has 1 aromatic heterocycles. The minimum Gasteiger partial charge on any atom is -0.481 e. The van der Waals surface area contributed by atoms with E-state index in [1.165, 1.54) is 0 Å². The molecule has 0 aliphatic carbocycles. The number of aromatic nitrogens is 2. The molecule has 0 spiro atoms. The van der Waals surface area contributed by atoms with Crippen molar-refractivity contribution in [1.29, 1.82) is 0 Å². The molecular formula is C13H15Cl2N3O. The molecule has 6 heteroatoms. The molecule has 0 bridgehead atoms. The SMILES string of the molecule is COc1c(CNc2cccc(Cl)c2Cl)c(C)nn1C. The first kappa shape index (κ1) is 14.0. The Kier molecular flexibility index (Phi) is 4.22. The summed E-state index contributed by atoms with van der Waals surface area (Å²) >= 11 is 12.1. The minimum atomic E-state index is 0.518. The third-order valence-electron chi connectivity index (χ3n) is 2.89. The smallest absolute Gasteiger partial charge is 0.216 e. The number of rotatable bonds is 4. The predicted molar refractivity (Wildman–Crippen MR) is 78.3 cm³/mol. The molecule has 1 aromatic carbocycles. The van der Waals surface area contributed by atoms with Gasteiger partial charge in [0.2, 0.25) is 5.88 Å².